The summed E-state index contributed by atoms with van der Waals surface area (Å²) in [7, 11) is -1.34. The number of para-hydroxylation sites is 2. The SMILES string of the molecule is Cc1nccc2nc(-c3[c-]ccc4c3oc3ccccc34)n(-c3ccccc3)c12.[2H]C([2H])([2H])c1c[c-]c(-c2ccc([Si](C)(C)C)cn2)cc1.[Ir]. The van der Waals surface area contributed by atoms with Crippen LogP contribution in [0.15, 0.2) is 120 Å². The molecule has 4 heterocycles. The van der Waals surface area contributed by atoms with Gasteiger partial charge in [-0.2, -0.15) is 0 Å². The summed E-state index contributed by atoms with van der Waals surface area (Å²) >= 11 is 0. The van der Waals surface area contributed by atoms with Crippen molar-refractivity contribution in [3.63, 3.8) is 0 Å². The second kappa shape index (κ2) is 13.2. The molecule has 0 aliphatic carbocycles. The molecule has 0 amide bonds. The Kier molecular flexibility index (Phi) is 8.02. The van der Waals surface area contributed by atoms with Crippen LogP contribution in [0, 0.1) is 25.9 Å². The third-order valence-electron chi connectivity index (χ3n) is 8.04. The van der Waals surface area contributed by atoms with Crippen LogP contribution < -0.4 is 5.19 Å². The number of hydrogen-bond acceptors (Lipinski definition) is 4. The zero-order valence-electron chi connectivity index (χ0n) is 29.5. The van der Waals surface area contributed by atoms with Crippen LogP contribution in [0.2, 0.25) is 19.6 Å². The number of benzene rings is 4. The zero-order chi connectivity index (χ0) is 34.3. The smallest absolute Gasteiger partial charge is 0.120 e. The Hall–Kier alpha value is -4.68. The van der Waals surface area contributed by atoms with E-state index in [0.717, 1.165) is 67.0 Å². The molecule has 1 radical (unpaired) electrons. The van der Waals surface area contributed by atoms with Crippen molar-refractivity contribution in [1.82, 2.24) is 19.5 Å². The Morgan fingerprint density at radius 3 is 2.36 bits per heavy atom. The van der Waals surface area contributed by atoms with Crippen LogP contribution in [0.1, 0.15) is 15.4 Å². The molecular weight excluding hydrogens is 773 g/mol. The number of fused-ring (bicyclic) bond motifs is 4. The molecule has 0 aliphatic heterocycles. The van der Waals surface area contributed by atoms with Gasteiger partial charge < -0.3 is 14.0 Å². The van der Waals surface area contributed by atoms with E-state index in [-0.39, 0.29) is 20.1 Å². The Morgan fingerprint density at radius 2 is 1.64 bits per heavy atom. The van der Waals surface area contributed by atoms with Crippen LogP contribution in [-0.2, 0) is 20.1 Å². The van der Waals surface area contributed by atoms with E-state index < -0.39 is 14.9 Å². The molecule has 0 saturated carbocycles. The van der Waals surface area contributed by atoms with Gasteiger partial charge in [0.25, 0.3) is 0 Å². The number of aromatic nitrogens is 4. The number of furan rings is 1. The maximum Gasteiger partial charge on any atom is 0.120 e. The molecule has 0 bridgehead atoms. The van der Waals surface area contributed by atoms with Gasteiger partial charge in [-0.1, -0.05) is 86.0 Å². The normalized spacial score (nSPS) is 12.6. The van der Waals surface area contributed by atoms with Gasteiger partial charge in [-0.15, -0.1) is 53.6 Å². The van der Waals surface area contributed by atoms with E-state index in [9.17, 15) is 0 Å². The molecule has 8 rings (SSSR count). The molecule has 0 atom stereocenters. The van der Waals surface area contributed by atoms with Gasteiger partial charge in [0.2, 0.25) is 0 Å². The molecule has 7 heteroatoms. The summed E-state index contributed by atoms with van der Waals surface area (Å²) in [5, 5.41) is 3.47. The van der Waals surface area contributed by atoms with Gasteiger partial charge in [0.05, 0.1) is 36.2 Å². The van der Waals surface area contributed by atoms with E-state index in [1.165, 1.54) is 11.3 Å². The van der Waals surface area contributed by atoms with Crippen molar-refractivity contribution in [2.24, 2.45) is 0 Å². The molecule has 8 aromatic rings. The second-order valence-electron chi connectivity index (χ2n) is 12.2. The fourth-order valence-corrected chi connectivity index (χ4v) is 6.65. The Bertz CT molecular complexity index is 2360. The Morgan fingerprint density at radius 1 is 0.830 bits per heavy atom. The summed E-state index contributed by atoms with van der Waals surface area (Å²) in [5.74, 6) is 0.798. The quantitative estimate of drug-likeness (QED) is 0.131. The first-order valence-electron chi connectivity index (χ1n) is 16.7. The minimum Gasteiger partial charge on any atom is -0.501 e. The number of nitrogens with zero attached hydrogens (tertiary/aromatic N) is 4. The third kappa shape index (κ3) is 6.35. The molecule has 0 unspecified atom stereocenters. The molecule has 0 aliphatic rings. The summed E-state index contributed by atoms with van der Waals surface area (Å²) in [4.78, 5) is 13.9. The predicted molar refractivity (Wildman–Crippen MR) is 191 cm³/mol. The summed E-state index contributed by atoms with van der Waals surface area (Å²) < 4.78 is 30.4. The van der Waals surface area contributed by atoms with Crippen molar-refractivity contribution in [3.05, 3.63) is 139 Å². The van der Waals surface area contributed by atoms with Gasteiger partial charge in [-0.25, -0.2) is 0 Å². The first-order chi connectivity index (χ1) is 23.5. The summed E-state index contributed by atoms with van der Waals surface area (Å²) in [6, 6.07) is 39.7. The number of pyridine rings is 2. The molecule has 0 saturated heterocycles. The van der Waals surface area contributed by atoms with Gasteiger partial charge in [0.15, 0.2) is 0 Å². The van der Waals surface area contributed by atoms with Crippen molar-refractivity contribution < 1.29 is 28.6 Å². The summed E-state index contributed by atoms with van der Waals surface area (Å²) in [6.45, 7) is 6.77. The van der Waals surface area contributed by atoms with Crippen LogP contribution in [0.5, 0.6) is 0 Å². The van der Waals surface area contributed by atoms with Crippen molar-refractivity contribution in [1.29, 1.82) is 0 Å². The first-order valence-corrected chi connectivity index (χ1v) is 18.7. The second-order valence-corrected chi connectivity index (χ2v) is 17.3. The van der Waals surface area contributed by atoms with Gasteiger partial charge in [-0.05, 0) is 42.1 Å². The van der Waals surface area contributed by atoms with Crippen LogP contribution in [0.4, 0.5) is 0 Å². The number of rotatable bonds is 4. The van der Waals surface area contributed by atoms with E-state index in [0.29, 0.717) is 5.56 Å². The standard InChI is InChI=1S/C25H16N3O.C15H18NSi.Ir/c1-16-23-21(14-15-26-16)27-25(28(23)17-8-3-2-4-9-17)20-12-7-11-19-18-10-5-6-13-22(18)29-24(19)20;1-12-5-7-13(8-6-12)15-10-9-14(11-16-15)17(2,3)4;/h2-11,13-15H,1H3;5-7,9-11H,1-4H3;/q2*-1;/i;1D3;. The largest absolute Gasteiger partial charge is 0.501 e. The van der Waals surface area contributed by atoms with Gasteiger partial charge in [0.1, 0.15) is 5.58 Å². The summed E-state index contributed by atoms with van der Waals surface area (Å²) in [5.41, 5.74) is 8.32. The van der Waals surface area contributed by atoms with E-state index >= 15 is 0 Å². The van der Waals surface area contributed by atoms with Crippen molar-refractivity contribution in [2.75, 3.05) is 0 Å². The van der Waals surface area contributed by atoms with E-state index in [1.54, 1.807) is 18.3 Å². The number of imidazole rings is 1. The average Bonchev–Trinajstić information content (AvgIpc) is 3.68. The minimum absolute atomic E-state index is 0. The van der Waals surface area contributed by atoms with Gasteiger partial charge in [-0.3, -0.25) is 9.97 Å². The fraction of sp³-hybridized carbons (Fsp3) is 0.125. The van der Waals surface area contributed by atoms with E-state index in [4.69, 9.17) is 13.5 Å². The minimum atomic E-state index is -2.08. The van der Waals surface area contributed by atoms with Gasteiger partial charge in [0, 0.05) is 47.7 Å². The van der Waals surface area contributed by atoms with Crippen LogP contribution in [0.25, 0.3) is 61.3 Å². The number of hydrogen-bond donors (Lipinski definition) is 0. The molecule has 5 nitrogen and oxygen atoms in total. The van der Waals surface area contributed by atoms with Crippen LogP contribution in [0.3, 0.4) is 0 Å². The molecule has 235 valence electrons. The predicted octanol–water partition coefficient (Wildman–Crippen LogP) is 9.50. The summed E-state index contributed by atoms with van der Waals surface area (Å²) in [6.07, 6.45) is 3.72. The molecule has 4 aromatic heterocycles. The van der Waals surface area contributed by atoms with Crippen LogP contribution in [-0.4, -0.2) is 27.6 Å². The first kappa shape index (κ1) is 28.5. The molecule has 4 aromatic carbocycles. The van der Waals surface area contributed by atoms with Gasteiger partial charge >= 0.3 is 0 Å². The van der Waals surface area contributed by atoms with Crippen molar-refractivity contribution in [3.8, 4) is 28.3 Å². The Labute approximate surface area is 293 Å². The monoisotopic (exact) mass is 810 g/mol. The van der Waals surface area contributed by atoms with Crippen molar-refractivity contribution in [2.45, 2.75) is 33.4 Å². The van der Waals surface area contributed by atoms with E-state index in [2.05, 4.69) is 70.6 Å². The molecule has 47 heavy (non-hydrogen) atoms. The maximum absolute atomic E-state index is 7.35. The number of aryl methyl sites for hydroxylation is 2. The zero-order valence-corrected chi connectivity index (χ0v) is 29.9. The maximum atomic E-state index is 7.35. The van der Waals surface area contributed by atoms with Crippen LogP contribution >= 0.6 is 0 Å². The Balaban J connectivity index is 0.000000182. The van der Waals surface area contributed by atoms with E-state index in [1.807, 2.05) is 73.8 Å². The molecule has 0 spiro atoms. The van der Waals surface area contributed by atoms with Crippen molar-refractivity contribution >= 4 is 46.2 Å². The molecular formula is C40H34IrN4OSi-2. The molecule has 0 fully saturated rings. The third-order valence-corrected chi connectivity index (χ3v) is 10.1. The topological polar surface area (TPSA) is 56.7 Å². The fourth-order valence-electron chi connectivity index (χ4n) is 5.62. The molecule has 0 N–H and O–H groups in total. The average molecular weight is 810 g/mol.